The molecule has 8 heteroatoms. The molecule has 0 radical (unpaired) electrons. The van der Waals surface area contributed by atoms with E-state index in [-0.39, 0.29) is 17.3 Å². The number of fused-ring (bicyclic) bond motifs is 1. The molecule has 2 aromatic heterocycles. The number of halogens is 2. The summed E-state index contributed by atoms with van der Waals surface area (Å²) in [6.07, 6.45) is 1.57. The quantitative estimate of drug-likeness (QED) is 0.801. The third-order valence-electron chi connectivity index (χ3n) is 2.99. The third kappa shape index (κ3) is 2.71. The first kappa shape index (κ1) is 14.3. The van der Waals surface area contributed by atoms with Gasteiger partial charge in [-0.3, -0.25) is 9.20 Å². The number of aromatic nitrogens is 3. The van der Waals surface area contributed by atoms with Gasteiger partial charge in [0.05, 0.1) is 10.7 Å². The maximum Gasteiger partial charge on any atom is 0.350 e. The lowest BCUT2D eigenvalue weighted by Crippen LogP contribution is -2.28. The standard InChI is InChI=1S/C14H10ClFN4O2/c15-10-7-9(16)4-5-11(10)17-13(21)8-20-14(22)19-6-2-1-3-12(19)18-20/h1-7H,8H2,(H,17,21). The summed E-state index contributed by atoms with van der Waals surface area (Å²) >= 11 is 5.83. The summed E-state index contributed by atoms with van der Waals surface area (Å²) in [4.78, 5) is 24.0. The molecule has 0 fully saturated rings. The van der Waals surface area contributed by atoms with E-state index < -0.39 is 17.4 Å². The van der Waals surface area contributed by atoms with E-state index in [4.69, 9.17) is 11.6 Å². The molecule has 0 bridgehead atoms. The summed E-state index contributed by atoms with van der Waals surface area (Å²) in [5.74, 6) is -0.987. The molecule has 1 amide bonds. The van der Waals surface area contributed by atoms with Gasteiger partial charge in [0, 0.05) is 6.20 Å². The van der Waals surface area contributed by atoms with Crippen LogP contribution in [-0.4, -0.2) is 20.1 Å². The summed E-state index contributed by atoms with van der Waals surface area (Å²) in [6.45, 7) is -0.270. The van der Waals surface area contributed by atoms with Crippen LogP contribution in [0.5, 0.6) is 0 Å². The number of hydrogen-bond donors (Lipinski definition) is 1. The van der Waals surface area contributed by atoms with Crippen molar-refractivity contribution in [1.29, 1.82) is 0 Å². The van der Waals surface area contributed by atoms with Crippen LogP contribution in [0.1, 0.15) is 0 Å². The van der Waals surface area contributed by atoms with E-state index in [1.165, 1.54) is 16.5 Å². The van der Waals surface area contributed by atoms with E-state index in [9.17, 15) is 14.0 Å². The predicted octanol–water partition coefficient (Wildman–Crippen LogP) is 1.93. The third-order valence-corrected chi connectivity index (χ3v) is 3.30. The molecular weight excluding hydrogens is 311 g/mol. The molecule has 3 aromatic rings. The lowest BCUT2D eigenvalue weighted by atomic mass is 10.3. The molecular formula is C14H10ClFN4O2. The number of hydrogen-bond acceptors (Lipinski definition) is 3. The van der Waals surface area contributed by atoms with Crippen molar-refractivity contribution >= 4 is 28.8 Å². The van der Waals surface area contributed by atoms with Crippen molar-refractivity contribution in [3.05, 3.63) is 63.9 Å². The van der Waals surface area contributed by atoms with Crippen LogP contribution < -0.4 is 11.0 Å². The molecule has 0 spiro atoms. The largest absolute Gasteiger partial charge is 0.350 e. The van der Waals surface area contributed by atoms with Crippen molar-refractivity contribution < 1.29 is 9.18 Å². The first-order chi connectivity index (χ1) is 10.5. The van der Waals surface area contributed by atoms with E-state index in [2.05, 4.69) is 10.4 Å². The summed E-state index contributed by atoms with van der Waals surface area (Å²) < 4.78 is 15.3. The van der Waals surface area contributed by atoms with Gasteiger partial charge in [0.2, 0.25) is 5.91 Å². The summed E-state index contributed by atoms with van der Waals surface area (Å²) in [5.41, 5.74) is 0.293. The highest BCUT2D eigenvalue weighted by atomic mass is 35.5. The van der Waals surface area contributed by atoms with Crippen LogP contribution in [0.25, 0.3) is 5.65 Å². The number of carbonyl (C=O) groups excluding carboxylic acids is 1. The fourth-order valence-corrected chi connectivity index (χ4v) is 2.20. The van der Waals surface area contributed by atoms with Gasteiger partial charge in [0.15, 0.2) is 5.65 Å². The summed E-state index contributed by atoms with van der Waals surface area (Å²) in [6, 6.07) is 8.71. The Morgan fingerprint density at radius 3 is 2.86 bits per heavy atom. The Kier molecular flexibility index (Phi) is 3.64. The molecule has 0 saturated heterocycles. The number of pyridine rings is 1. The smallest absolute Gasteiger partial charge is 0.323 e. The Labute approximate surface area is 128 Å². The maximum absolute atomic E-state index is 12.9. The van der Waals surface area contributed by atoms with Gasteiger partial charge < -0.3 is 5.32 Å². The van der Waals surface area contributed by atoms with E-state index in [0.29, 0.717) is 5.65 Å². The number of anilines is 1. The van der Waals surface area contributed by atoms with Crippen molar-refractivity contribution in [3.63, 3.8) is 0 Å². The molecule has 6 nitrogen and oxygen atoms in total. The molecule has 0 aliphatic heterocycles. The Morgan fingerprint density at radius 1 is 1.32 bits per heavy atom. The van der Waals surface area contributed by atoms with Crippen molar-refractivity contribution in [2.45, 2.75) is 6.54 Å². The van der Waals surface area contributed by atoms with E-state index in [1.807, 2.05) is 0 Å². The topological polar surface area (TPSA) is 68.4 Å². The second kappa shape index (κ2) is 5.61. The molecule has 0 aliphatic rings. The van der Waals surface area contributed by atoms with Gasteiger partial charge in [0.25, 0.3) is 0 Å². The zero-order chi connectivity index (χ0) is 15.7. The van der Waals surface area contributed by atoms with Crippen molar-refractivity contribution in [1.82, 2.24) is 14.2 Å². The van der Waals surface area contributed by atoms with Gasteiger partial charge in [0.1, 0.15) is 12.4 Å². The first-order valence-corrected chi connectivity index (χ1v) is 6.71. The minimum absolute atomic E-state index is 0.0794. The van der Waals surface area contributed by atoms with E-state index in [0.717, 1.165) is 10.7 Å². The molecule has 1 N–H and O–H groups in total. The van der Waals surface area contributed by atoms with Crippen molar-refractivity contribution in [2.24, 2.45) is 0 Å². The Bertz CT molecular complexity index is 919. The molecule has 22 heavy (non-hydrogen) atoms. The minimum atomic E-state index is -0.500. The average molecular weight is 321 g/mol. The van der Waals surface area contributed by atoms with Crippen LogP contribution in [0.3, 0.4) is 0 Å². The van der Waals surface area contributed by atoms with Crippen LogP contribution in [0.2, 0.25) is 5.02 Å². The van der Waals surface area contributed by atoms with Gasteiger partial charge in [-0.15, -0.1) is 5.10 Å². The molecule has 0 saturated carbocycles. The number of benzene rings is 1. The molecule has 0 aliphatic carbocycles. The van der Waals surface area contributed by atoms with Gasteiger partial charge in [-0.2, -0.15) is 0 Å². The number of nitrogens with zero attached hydrogens (tertiary/aromatic N) is 3. The number of rotatable bonds is 3. The monoisotopic (exact) mass is 320 g/mol. The fourth-order valence-electron chi connectivity index (χ4n) is 1.99. The molecule has 112 valence electrons. The lowest BCUT2D eigenvalue weighted by molar-refractivity contribution is -0.117. The van der Waals surface area contributed by atoms with Crippen molar-refractivity contribution in [2.75, 3.05) is 5.32 Å². The molecule has 0 atom stereocenters. The van der Waals surface area contributed by atoms with Gasteiger partial charge in [-0.25, -0.2) is 13.9 Å². The van der Waals surface area contributed by atoms with Crippen LogP contribution in [0.15, 0.2) is 47.4 Å². The number of nitrogens with one attached hydrogen (secondary N) is 1. The Balaban J connectivity index is 1.81. The Hall–Kier alpha value is -2.67. The molecule has 3 rings (SSSR count). The number of carbonyl (C=O) groups is 1. The van der Waals surface area contributed by atoms with Gasteiger partial charge >= 0.3 is 5.69 Å². The Morgan fingerprint density at radius 2 is 2.14 bits per heavy atom. The highest BCUT2D eigenvalue weighted by Crippen LogP contribution is 2.22. The van der Waals surface area contributed by atoms with E-state index in [1.54, 1.807) is 24.4 Å². The average Bonchev–Trinajstić information content (AvgIpc) is 2.79. The van der Waals surface area contributed by atoms with Crippen LogP contribution in [-0.2, 0) is 11.3 Å². The second-order valence-corrected chi connectivity index (χ2v) is 4.95. The minimum Gasteiger partial charge on any atom is -0.323 e. The second-order valence-electron chi connectivity index (χ2n) is 4.54. The molecule has 2 heterocycles. The maximum atomic E-state index is 12.9. The molecule has 1 aromatic carbocycles. The van der Waals surface area contributed by atoms with E-state index >= 15 is 0 Å². The van der Waals surface area contributed by atoms with Gasteiger partial charge in [-0.05, 0) is 30.3 Å². The highest BCUT2D eigenvalue weighted by molar-refractivity contribution is 6.33. The molecule has 0 unspecified atom stereocenters. The zero-order valence-electron chi connectivity index (χ0n) is 11.2. The summed E-state index contributed by atoms with van der Waals surface area (Å²) in [5, 5.41) is 6.63. The van der Waals surface area contributed by atoms with Crippen LogP contribution >= 0.6 is 11.6 Å². The first-order valence-electron chi connectivity index (χ1n) is 6.34. The fraction of sp³-hybridized carbons (Fsp3) is 0.0714. The predicted molar refractivity (Wildman–Crippen MR) is 79.5 cm³/mol. The lowest BCUT2D eigenvalue weighted by Gasteiger charge is -2.06. The van der Waals surface area contributed by atoms with Crippen LogP contribution in [0.4, 0.5) is 10.1 Å². The van der Waals surface area contributed by atoms with Crippen LogP contribution in [0, 0.1) is 5.82 Å². The zero-order valence-corrected chi connectivity index (χ0v) is 11.9. The van der Waals surface area contributed by atoms with Gasteiger partial charge in [-0.1, -0.05) is 17.7 Å². The SMILES string of the molecule is O=C(Cn1nc2ccccn2c1=O)Nc1ccc(F)cc1Cl. The number of amides is 1. The normalized spacial score (nSPS) is 10.8. The van der Waals surface area contributed by atoms with Crippen molar-refractivity contribution in [3.8, 4) is 0 Å². The summed E-state index contributed by atoms with van der Waals surface area (Å²) in [7, 11) is 0. The highest BCUT2D eigenvalue weighted by Gasteiger charge is 2.12.